The summed E-state index contributed by atoms with van der Waals surface area (Å²) in [5, 5.41) is 0. The molecule has 1 rings (SSSR count). The minimum absolute atomic E-state index is 0.113. The Bertz CT molecular complexity index is 306. The molecule has 0 aliphatic carbocycles. The van der Waals surface area contributed by atoms with Gasteiger partial charge in [0, 0.05) is 25.5 Å². The van der Waals surface area contributed by atoms with Gasteiger partial charge in [-0.3, -0.25) is 0 Å². The van der Waals surface area contributed by atoms with Crippen molar-refractivity contribution in [3.8, 4) is 0 Å². The van der Waals surface area contributed by atoms with E-state index in [1.54, 1.807) is 13.8 Å². The highest BCUT2D eigenvalue weighted by Crippen LogP contribution is 2.03. The molecule has 0 atom stereocenters. The third-order valence-corrected chi connectivity index (χ3v) is 3.24. The van der Waals surface area contributed by atoms with Gasteiger partial charge in [0.15, 0.2) is 0 Å². The van der Waals surface area contributed by atoms with Crippen LogP contribution in [0.25, 0.3) is 0 Å². The molecule has 7 heteroatoms. The van der Waals surface area contributed by atoms with E-state index >= 15 is 0 Å². The second-order valence-corrected chi connectivity index (χ2v) is 4.76. The summed E-state index contributed by atoms with van der Waals surface area (Å²) in [6.45, 7) is 11.0. The predicted molar refractivity (Wildman–Crippen MR) is 70.9 cm³/mol. The first-order valence-corrected chi connectivity index (χ1v) is 7.52. The van der Waals surface area contributed by atoms with Crippen molar-refractivity contribution in [3.05, 3.63) is 12.4 Å². The molecule has 0 saturated carbocycles. The second kappa shape index (κ2) is 9.18. The van der Waals surface area contributed by atoms with Crippen molar-refractivity contribution >= 4 is 10.4 Å². The molecule has 0 radical (unpaired) electrons. The van der Waals surface area contributed by atoms with Gasteiger partial charge in [-0.2, -0.15) is 8.42 Å². The zero-order chi connectivity index (χ0) is 14.0. The highest BCUT2D eigenvalue weighted by molar-refractivity contribution is 7.81. The van der Waals surface area contributed by atoms with Crippen LogP contribution in [0.5, 0.6) is 0 Å². The summed E-state index contributed by atoms with van der Waals surface area (Å²) in [5.41, 5.74) is 0. The van der Waals surface area contributed by atoms with Crippen LogP contribution in [0.4, 0.5) is 0 Å². The lowest BCUT2D eigenvalue weighted by Gasteiger charge is -2.17. The molecule has 0 saturated heterocycles. The molecule has 1 aliphatic heterocycles. The van der Waals surface area contributed by atoms with E-state index in [0.717, 1.165) is 19.8 Å². The smallest absolute Gasteiger partial charge is 0.359 e. The molecular formula is C11H24N2O4S. The number of nitrogens with zero attached hydrogens (tertiary/aromatic N) is 2. The lowest BCUT2D eigenvalue weighted by atomic mass is 10.6. The Kier molecular flexibility index (Phi) is 8.78. The molecule has 0 N–H and O–H groups in total. The summed E-state index contributed by atoms with van der Waals surface area (Å²) in [6, 6.07) is 0. The molecule has 18 heavy (non-hydrogen) atoms. The van der Waals surface area contributed by atoms with Crippen molar-refractivity contribution < 1.29 is 16.8 Å². The van der Waals surface area contributed by atoms with Crippen LogP contribution in [0, 0.1) is 0 Å². The van der Waals surface area contributed by atoms with Crippen LogP contribution in [0.1, 0.15) is 27.7 Å². The van der Waals surface area contributed by atoms with Gasteiger partial charge in [0.1, 0.15) is 0 Å². The van der Waals surface area contributed by atoms with E-state index in [2.05, 4.69) is 44.4 Å². The third-order valence-electron chi connectivity index (χ3n) is 2.19. The summed E-state index contributed by atoms with van der Waals surface area (Å²) in [4.78, 5) is 4.56. The van der Waals surface area contributed by atoms with Crippen molar-refractivity contribution in [1.82, 2.24) is 9.80 Å². The molecule has 0 fully saturated rings. The van der Waals surface area contributed by atoms with Crippen molar-refractivity contribution in [2.24, 2.45) is 0 Å². The highest BCUT2D eigenvalue weighted by atomic mass is 32.3. The molecule has 0 spiro atoms. The topological polar surface area (TPSA) is 59.1 Å². The van der Waals surface area contributed by atoms with E-state index in [-0.39, 0.29) is 13.2 Å². The van der Waals surface area contributed by atoms with Crippen LogP contribution < -0.4 is 0 Å². The first kappa shape index (κ1) is 17.2. The van der Waals surface area contributed by atoms with E-state index in [0.29, 0.717) is 0 Å². The fourth-order valence-corrected chi connectivity index (χ4v) is 1.90. The van der Waals surface area contributed by atoms with Gasteiger partial charge < -0.3 is 9.80 Å². The van der Waals surface area contributed by atoms with Crippen LogP contribution in [-0.2, 0) is 18.8 Å². The zero-order valence-electron chi connectivity index (χ0n) is 11.6. The molecule has 0 aromatic heterocycles. The predicted octanol–water partition coefficient (Wildman–Crippen LogP) is 1.38. The molecule has 0 aromatic rings. The largest absolute Gasteiger partial charge is 0.399 e. The lowest BCUT2D eigenvalue weighted by Crippen LogP contribution is -2.24. The van der Waals surface area contributed by atoms with Gasteiger partial charge in [0.2, 0.25) is 0 Å². The van der Waals surface area contributed by atoms with E-state index < -0.39 is 10.4 Å². The fraction of sp³-hybridized carbons (Fsp3) is 0.818. The van der Waals surface area contributed by atoms with E-state index in [1.165, 1.54) is 0 Å². The second-order valence-electron chi connectivity index (χ2n) is 3.47. The minimum atomic E-state index is -3.68. The summed E-state index contributed by atoms with van der Waals surface area (Å²) in [7, 11) is -3.68. The lowest BCUT2D eigenvalue weighted by molar-refractivity contribution is 0.231. The van der Waals surface area contributed by atoms with Crippen molar-refractivity contribution in [2.45, 2.75) is 27.7 Å². The Morgan fingerprint density at radius 3 is 1.56 bits per heavy atom. The van der Waals surface area contributed by atoms with E-state index in [4.69, 9.17) is 0 Å². The van der Waals surface area contributed by atoms with Gasteiger partial charge in [-0.1, -0.05) is 0 Å². The molecule has 6 nitrogen and oxygen atoms in total. The summed E-state index contributed by atoms with van der Waals surface area (Å²) in [6.07, 6.45) is 4.28. The average Bonchev–Trinajstić information content (AvgIpc) is 2.77. The molecule has 0 bridgehead atoms. The van der Waals surface area contributed by atoms with Crippen molar-refractivity contribution in [3.63, 3.8) is 0 Å². The van der Waals surface area contributed by atoms with Crippen LogP contribution in [0.15, 0.2) is 12.4 Å². The summed E-state index contributed by atoms with van der Waals surface area (Å²) < 4.78 is 29.2. The van der Waals surface area contributed by atoms with Crippen LogP contribution in [0.2, 0.25) is 0 Å². The number of hydrogen-bond donors (Lipinski definition) is 0. The zero-order valence-corrected chi connectivity index (χ0v) is 12.4. The maximum absolute atomic E-state index is 10.4. The number of rotatable bonds is 6. The van der Waals surface area contributed by atoms with Gasteiger partial charge in [0.25, 0.3) is 0 Å². The first-order chi connectivity index (χ1) is 8.49. The Morgan fingerprint density at radius 1 is 0.944 bits per heavy atom. The SMILES string of the molecule is CCN1C=CN(CC)C1.CCOS(=O)(=O)OCC. The average molecular weight is 280 g/mol. The Balaban J connectivity index is 0.000000321. The number of hydrogen-bond acceptors (Lipinski definition) is 6. The molecule has 0 amide bonds. The van der Waals surface area contributed by atoms with E-state index in [9.17, 15) is 8.42 Å². The van der Waals surface area contributed by atoms with Crippen LogP contribution >= 0.6 is 0 Å². The molecule has 0 aromatic carbocycles. The van der Waals surface area contributed by atoms with Crippen molar-refractivity contribution in [1.29, 1.82) is 0 Å². The summed E-state index contributed by atoms with van der Waals surface area (Å²) in [5.74, 6) is 0. The van der Waals surface area contributed by atoms with Gasteiger partial charge in [-0.05, 0) is 27.7 Å². The monoisotopic (exact) mass is 280 g/mol. The third kappa shape index (κ3) is 7.52. The standard InChI is InChI=1S/C7H14N2.C4H10O4S/c1-3-8-5-6-9(4-2)7-8;1-3-7-9(5,6)8-4-2/h5-6H,3-4,7H2,1-2H3;3-4H2,1-2H3. The fourth-order valence-electron chi connectivity index (χ4n) is 1.25. The Labute approximate surface area is 110 Å². The maximum Gasteiger partial charge on any atom is 0.399 e. The molecule has 108 valence electrons. The van der Waals surface area contributed by atoms with Gasteiger partial charge in [0.05, 0.1) is 19.9 Å². The Morgan fingerprint density at radius 2 is 1.33 bits per heavy atom. The molecule has 1 aliphatic rings. The van der Waals surface area contributed by atoms with E-state index in [1.807, 2.05) is 0 Å². The van der Waals surface area contributed by atoms with Gasteiger partial charge in [-0.15, -0.1) is 0 Å². The van der Waals surface area contributed by atoms with Crippen LogP contribution in [-0.4, -0.2) is 51.2 Å². The minimum Gasteiger partial charge on any atom is -0.359 e. The maximum atomic E-state index is 10.4. The quantitative estimate of drug-likeness (QED) is 0.732. The normalized spacial score (nSPS) is 14.7. The van der Waals surface area contributed by atoms with Gasteiger partial charge in [-0.25, -0.2) is 8.37 Å². The highest BCUT2D eigenvalue weighted by Gasteiger charge is 2.07. The first-order valence-electron chi connectivity index (χ1n) is 6.19. The molecule has 0 unspecified atom stereocenters. The molecule has 1 heterocycles. The molecular weight excluding hydrogens is 256 g/mol. The Hall–Kier alpha value is -0.790. The summed E-state index contributed by atoms with van der Waals surface area (Å²) >= 11 is 0. The van der Waals surface area contributed by atoms with Crippen LogP contribution in [0.3, 0.4) is 0 Å². The van der Waals surface area contributed by atoms with Gasteiger partial charge >= 0.3 is 10.4 Å². The van der Waals surface area contributed by atoms with Crippen molar-refractivity contribution in [2.75, 3.05) is 33.0 Å².